The Morgan fingerprint density at radius 3 is 2.71 bits per heavy atom. The summed E-state index contributed by atoms with van der Waals surface area (Å²) in [7, 11) is 0. The minimum atomic E-state index is -3.72. The predicted molar refractivity (Wildman–Crippen MR) is 44.3 cm³/mol. The van der Waals surface area contributed by atoms with Gasteiger partial charge in [0.1, 0.15) is 0 Å². The first kappa shape index (κ1) is 11.3. The maximum absolute atomic E-state index is 12.8. The molecule has 1 aliphatic heterocycles. The van der Waals surface area contributed by atoms with Crippen LogP contribution >= 0.6 is 0 Å². The lowest BCUT2D eigenvalue weighted by Gasteiger charge is -2.25. The molecule has 1 atom stereocenters. The van der Waals surface area contributed by atoms with Crippen molar-refractivity contribution in [1.29, 1.82) is 0 Å². The average Bonchev–Trinajstić information content (AvgIpc) is 2.50. The van der Waals surface area contributed by atoms with Crippen LogP contribution in [0.15, 0.2) is 0 Å². The van der Waals surface area contributed by atoms with Crippen LogP contribution in [0.2, 0.25) is 0 Å². The summed E-state index contributed by atoms with van der Waals surface area (Å²) >= 11 is 0. The zero-order valence-electron chi connectivity index (χ0n) is 7.62. The third-order valence-electron chi connectivity index (χ3n) is 2.42. The van der Waals surface area contributed by atoms with Crippen LogP contribution in [-0.4, -0.2) is 52.7 Å². The summed E-state index contributed by atoms with van der Waals surface area (Å²) in [5.74, 6) is -5.83. The van der Waals surface area contributed by atoms with Crippen LogP contribution in [0.25, 0.3) is 0 Å². The zero-order valence-corrected chi connectivity index (χ0v) is 7.62. The van der Waals surface area contributed by atoms with Gasteiger partial charge in [-0.25, -0.2) is 4.79 Å². The van der Waals surface area contributed by atoms with Crippen LogP contribution in [0.3, 0.4) is 0 Å². The van der Waals surface area contributed by atoms with E-state index in [2.05, 4.69) is 0 Å². The van der Waals surface area contributed by atoms with Gasteiger partial charge >= 0.3 is 11.9 Å². The molecule has 0 bridgehead atoms. The Morgan fingerprint density at radius 1 is 1.57 bits per heavy atom. The van der Waals surface area contributed by atoms with E-state index >= 15 is 0 Å². The molecule has 0 aromatic carbocycles. The van der Waals surface area contributed by atoms with Crippen molar-refractivity contribution in [3.63, 3.8) is 0 Å². The SMILES string of the molecule is O=C(O)C(F)(F)CN1CCC[C@H]1CO. The molecule has 0 aromatic rings. The third-order valence-corrected chi connectivity index (χ3v) is 2.42. The number of halogens is 2. The number of rotatable bonds is 4. The van der Waals surface area contributed by atoms with E-state index in [1.165, 1.54) is 4.90 Å². The fourth-order valence-electron chi connectivity index (χ4n) is 1.63. The Hall–Kier alpha value is -0.750. The van der Waals surface area contributed by atoms with Crippen molar-refractivity contribution < 1.29 is 23.8 Å². The van der Waals surface area contributed by atoms with E-state index in [0.29, 0.717) is 13.0 Å². The molecule has 0 radical (unpaired) electrons. The molecule has 4 nitrogen and oxygen atoms in total. The van der Waals surface area contributed by atoms with E-state index in [1.54, 1.807) is 0 Å². The van der Waals surface area contributed by atoms with Crippen LogP contribution < -0.4 is 0 Å². The van der Waals surface area contributed by atoms with Crippen molar-refractivity contribution in [2.24, 2.45) is 0 Å². The Balaban J connectivity index is 2.54. The molecule has 0 aromatic heterocycles. The second-order valence-corrected chi connectivity index (χ2v) is 3.46. The molecule has 0 saturated carbocycles. The summed E-state index contributed by atoms with van der Waals surface area (Å²) in [4.78, 5) is 11.5. The molecule has 1 saturated heterocycles. The van der Waals surface area contributed by atoms with Crippen LogP contribution in [0.5, 0.6) is 0 Å². The number of aliphatic carboxylic acids is 1. The molecule has 0 unspecified atom stereocenters. The van der Waals surface area contributed by atoms with Gasteiger partial charge in [-0.05, 0) is 19.4 Å². The second kappa shape index (κ2) is 4.18. The summed E-state index contributed by atoms with van der Waals surface area (Å²) in [6.07, 6.45) is 1.37. The minimum Gasteiger partial charge on any atom is -0.477 e. The van der Waals surface area contributed by atoms with Gasteiger partial charge in [0.25, 0.3) is 0 Å². The first-order chi connectivity index (χ1) is 6.47. The lowest BCUT2D eigenvalue weighted by molar-refractivity contribution is -0.167. The normalized spacial score (nSPS) is 24.1. The molecule has 14 heavy (non-hydrogen) atoms. The number of carboxylic acids is 1. The number of likely N-dealkylation sites (tertiary alicyclic amines) is 1. The highest BCUT2D eigenvalue weighted by molar-refractivity contribution is 5.75. The van der Waals surface area contributed by atoms with Gasteiger partial charge in [0.2, 0.25) is 0 Å². The van der Waals surface area contributed by atoms with E-state index in [-0.39, 0.29) is 12.6 Å². The highest BCUT2D eigenvalue weighted by Crippen LogP contribution is 2.23. The van der Waals surface area contributed by atoms with Gasteiger partial charge in [-0.3, -0.25) is 4.90 Å². The molecule has 0 amide bonds. The van der Waals surface area contributed by atoms with Crippen LogP contribution in [0.1, 0.15) is 12.8 Å². The van der Waals surface area contributed by atoms with Crippen molar-refractivity contribution in [2.75, 3.05) is 19.7 Å². The van der Waals surface area contributed by atoms with E-state index < -0.39 is 18.4 Å². The molecule has 0 aliphatic carbocycles. The van der Waals surface area contributed by atoms with Crippen molar-refractivity contribution >= 4 is 5.97 Å². The molecule has 82 valence electrons. The summed E-state index contributed by atoms with van der Waals surface area (Å²) < 4.78 is 25.6. The van der Waals surface area contributed by atoms with Gasteiger partial charge in [0.15, 0.2) is 0 Å². The highest BCUT2D eigenvalue weighted by Gasteiger charge is 2.42. The van der Waals surface area contributed by atoms with Crippen LogP contribution in [0.4, 0.5) is 8.78 Å². The van der Waals surface area contributed by atoms with Crippen molar-refractivity contribution in [2.45, 2.75) is 24.8 Å². The van der Waals surface area contributed by atoms with Crippen LogP contribution in [0, 0.1) is 0 Å². The van der Waals surface area contributed by atoms with E-state index in [4.69, 9.17) is 10.2 Å². The number of aliphatic hydroxyl groups excluding tert-OH is 1. The molecule has 0 spiro atoms. The Bertz CT molecular complexity index is 223. The van der Waals surface area contributed by atoms with Gasteiger partial charge in [0.05, 0.1) is 13.2 Å². The monoisotopic (exact) mass is 209 g/mol. The average molecular weight is 209 g/mol. The molecular weight excluding hydrogens is 196 g/mol. The maximum Gasteiger partial charge on any atom is 0.375 e. The van der Waals surface area contributed by atoms with E-state index in [9.17, 15) is 13.6 Å². The molecular formula is C8H13F2NO3. The molecule has 6 heteroatoms. The number of hydrogen-bond acceptors (Lipinski definition) is 3. The van der Waals surface area contributed by atoms with E-state index in [1.807, 2.05) is 0 Å². The molecule has 1 rings (SSSR count). The first-order valence-corrected chi connectivity index (χ1v) is 4.43. The number of carboxylic acid groups (broad SMARTS) is 1. The smallest absolute Gasteiger partial charge is 0.375 e. The fraction of sp³-hybridized carbons (Fsp3) is 0.875. The van der Waals surface area contributed by atoms with Gasteiger partial charge in [-0.2, -0.15) is 8.78 Å². The number of hydrogen-bond donors (Lipinski definition) is 2. The lowest BCUT2D eigenvalue weighted by Crippen LogP contribution is -2.45. The number of nitrogens with zero attached hydrogens (tertiary/aromatic N) is 1. The van der Waals surface area contributed by atoms with Crippen LogP contribution in [-0.2, 0) is 4.79 Å². The van der Waals surface area contributed by atoms with Crippen molar-refractivity contribution in [3.05, 3.63) is 0 Å². The van der Waals surface area contributed by atoms with Gasteiger partial charge < -0.3 is 10.2 Å². The summed E-state index contributed by atoms with van der Waals surface area (Å²) in [6.45, 7) is -0.586. The zero-order chi connectivity index (χ0) is 10.8. The highest BCUT2D eigenvalue weighted by atomic mass is 19.3. The molecule has 1 fully saturated rings. The number of alkyl halides is 2. The summed E-state index contributed by atoms with van der Waals surface area (Å²) in [5, 5.41) is 17.1. The molecule has 1 aliphatic rings. The number of aliphatic hydroxyl groups is 1. The topological polar surface area (TPSA) is 60.8 Å². The van der Waals surface area contributed by atoms with Gasteiger partial charge in [-0.15, -0.1) is 0 Å². The van der Waals surface area contributed by atoms with Crippen molar-refractivity contribution in [1.82, 2.24) is 4.90 Å². The Morgan fingerprint density at radius 2 is 2.21 bits per heavy atom. The molecule has 2 N–H and O–H groups in total. The lowest BCUT2D eigenvalue weighted by atomic mass is 10.2. The predicted octanol–water partition coefficient (Wildman–Crippen LogP) is 0.163. The number of carbonyl (C=O) groups is 1. The summed E-state index contributed by atoms with van der Waals surface area (Å²) in [5.41, 5.74) is 0. The largest absolute Gasteiger partial charge is 0.477 e. The van der Waals surface area contributed by atoms with E-state index in [0.717, 1.165) is 6.42 Å². The summed E-state index contributed by atoms with van der Waals surface area (Å²) in [6, 6.07) is -0.319. The maximum atomic E-state index is 12.8. The minimum absolute atomic E-state index is 0.199. The third kappa shape index (κ3) is 2.39. The fourth-order valence-corrected chi connectivity index (χ4v) is 1.63. The van der Waals surface area contributed by atoms with Crippen molar-refractivity contribution in [3.8, 4) is 0 Å². The first-order valence-electron chi connectivity index (χ1n) is 4.43. The van der Waals surface area contributed by atoms with Gasteiger partial charge in [0, 0.05) is 6.04 Å². The molecule has 1 heterocycles. The standard InChI is InChI=1S/C8H13F2NO3/c9-8(10,7(13)14)5-11-3-1-2-6(11)4-12/h6,12H,1-5H2,(H,13,14)/t6-/m0/s1. The van der Waals surface area contributed by atoms with Gasteiger partial charge in [-0.1, -0.05) is 0 Å². The Kier molecular flexibility index (Phi) is 3.38. The quantitative estimate of drug-likeness (QED) is 0.692. The Labute approximate surface area is 80.1 Å². The second-order valence-electron chi connectivity index (χ2n) is 3.46.